The molecular formula is C20H23N3O2. The molecule has 5 heteroatoms. The Bertz CT molecular complexity index is 905. The molecule has 3 rings (SSSR count). The summed E-state index contributed by atoms with van der Waals surface area (Å²) in [6.07, 6.45) is 2.49. The van der Waals surface area contributed by atoms with Gasteiger partial charge in [0.1, 0.15) is 5.75 Å². The zero-order chi connectivity index (χ0) is 17.6. The molecule has 2 aromatic carbocycles. The van der Waals surface area contributed by atoms with Gasteiger partial charge in [-0.1, -0.05) is 24.3 Å². The average Bonchev–Trinajstić information content (AvgIpc) is 2.66. The van der Waals surface area contributed by atoms with Crippen molar-refractivity contribution < 1.29 is 4.74 Å². The maximum Gasteiger partial charge on any atom is 0.261 e. The Labute approximate surface area is 147 Å². The average molecular weight is 337 g/mol. The SMILES string of the molecule is COc1cccc(CNC(C)CCn2cnc3ccccc3c2=O)c1. The van der Waals surface area contributed by atoms with Gasteiger partial charge < -0.3 is 10.1 Å². The highest BCUT2D eigenvalue weighted by atomic mass is 16.5. The molecule has 0 radical (unpaired) electrons. The van der Waals surface area contributed by atoms with Gasteiger partial charge in [0.05, 0.1) is 24.3 Å². The predicted octanol–water partition coefficient (Wildman–Crippen LogP) is 2.97. The molecule has 1 aromatic heterocycles. The van der Waals surface area contributed by atoms with Gasteiger partial charge in [-0.3, -0.25) is 9.36 Å². The van der Waals surface area contributed by atoms with Gasteiger partial charge in [0.15, 0.2) is 0 Å². The number of fused-ring (bicyclic) bond motifs is 1. The summed E-state index contributed by atoms with van der Waals surface area (Å²) < 4.78 is 6.93. The van der Waals surface area contributed by atoms with Crippen molar-refractivity contribution in [3.8, 4) is 5.75 Å². The van der Waals surface area contributed by atoms with Crippen molar-refractivity contribution in [3.05, 3.63) is 70.8 Å². The molecule has 0 aliphatic rings. The van der Waals surface area contributed by atoms with Crippen LogP contribution in [0.5, 0.6) is 5.75 Å². The van der Waals surface area contributed by atoms with E-state index in [1.807, 2.05) is 42.5 Å². The minimum absolute atomic E-state index is 0.0191. The van der Waals surface area contributed by atoms with E-state index in [1.54, 1.807) is 18.0 Å². The highest BCUT2D eigenvalue weighted by Gasteiger charge is 2.06. The van der Waals surface area contributed by atoms with Crippen LogP contribution in [-0.4, -0.2) is 22.7 Å². The number of rotatable bonds is 7. The van der Waals surface area contributed by atoms with Crippen LogP contribution in [0.3, 0.4) is 0 Å². The van der Waals surface area contributed by atoms with Crippen LogP contribution in [-0.2, 0) is 13.1 Å². The lowest BCUT2D eigenvalue weighted by Gasteiger charge is -2.15. The number of aromatic nitrogens is 2. The lowest BCUT2D eigenvalue weighted by molar-refractivity contribution is 0.413. The topological polar surface area (TPSA) is 56.1 Å². The minimum Gasteiger partial charge on any atom is -0.497 e. The van der Waals surface area contributed by atoms with E-state index >= 15 is 0 Å². The van der Waals surface area contributed by atoms with Gasteiger partial charge in [-0.25, -0.2) is 4.98 Å². The van der Waals surface area contributed by atoms with Gasteiger partial charge in [-0.2, -0.15) is 0 Å². The van der Waals surface area contributed by atoms with Crippen LogP contribution in [0, 0.1) is 0 Å². The molecule has 0 bridgehead atoms. The number of para-hydroxylation sites is 1. The Balaban J connectivity index is 1.58. The van der Waals surface area contributed by atoms with Gasteiger partial charge in [-0.15, -0.1) is 0 Å². The van der Waals surface area contributed by atoms with E-state index in [9.17, 15) is 4.79 Å². The molecule has 0 saturated heterocycles. The third-order valence-corrected chi connectivity index (χ3v) is 4.32. The maximum atomic E-state index is 12.5. The van der Waals surface area contributed by atoms with Gasteiger partial charge >= 0.3 is 0 Å². The van der Waals surface area contributed by atoms with Crippen LogP contribution in [0.4, 0.5) is 0 Å². The van der Waals surface area contributed by atoms with Crippen LogP contribution in [0.15, 0.2) is 59.7 Å². The Kier molecular flexibility index (Phi) is 5.46. The Morgan fingerprint density at radius 2 is 2.04 bits per heavy atom. The van der Waals surface area contributed by atoms with E-state index in [-0.39, 0.29) is 11.6 Å². The fourth-order valence-electron chi connectivity index (χ4n) is 2.77. The number of nitrogens with one attached hydrogen (secondary N) is 1. The standard InChI is InChI=1S/C20H23N3O2/c1-15(21-13-16-6-5-7-17(12-16)25-2)10-11-23-14-22-19-9-4-3-8-18(19)20(23)24/h3-9,12,14-15,21H,10-11,13H2,1-2H3. The van der Waals surface area contributed by atoms with E-state index in [2.05, 4.69) is 23.3 Å². The summed E-state index contributed by atoms with van der Waals surface area (Å²) in [4.78, 5) is 16.8. The molecule has 25 heavy (non-hydrogen) atoms. The van der Waals surface area contributed by atoms with Crippen molar-refractivity contribution in [2.45, 2.75) is 32.5 Å². The first-order valence-corrected chi connectivity index (χ1v) is 8.48. The fourth-order valence-corrected chi connectivity index (χ4v) is 2.77. The third-order valence-electron chi connectivity index (χ3n) is 4.32. The molecule has 1 heterocycles. The summed E-state index contributed by atoms with van der Waals surface area (Å²) in [6.45, 7) is 3.53. The predicted molar refractivity (Wildman–Crippen MR) is 99.9 cm³/mol. The van der Waals surface area contributed by atoms with Crippen molar-refractivity contribution in [2.24, 2.45) is 0 Å². The lowest BCUT2D eigenvalue weighted by atomic mass is 10.2. The summed E-state index contributed by atoms with van der Waals surface area (Å²) >= 11 is 0. The van der Waals surface area contributed by atoms with Crippen molar-refractivity contribution in [3.63, 3.8) is 0 Å². The number of ether oxygens (including phenoxy) is 1. The van der Waals surface area contributed by atoms with Crippen molar-refractivity contribution in [2.75, 3.05) is 7.11 Å². The Hall–Kier alpha value is -2.66. The molecule has 0 amide bonds. The lowest BCUT2D eigenvalue weighted by Crippen LogP contribution is -2.29. The Morgan fingerprint density at radius 3 is 2.88 bits per heavy atom. The summed E-state index contributed by atoms with van der Waals surface area (Å²) in [6, 6.07) is 15.7. The molecule has 1 N–H and O–H groups in total. The zero-order valence-corrected chi connectivity index (χ0v) is 14.6. The summed E-state index contributed by atoms with van der Waals surface area (Å²) in [5.74, 6) is 0.862. The van der Waals surface area contributed by atoms with Crippen LogP contribution >= 0.6 is 0 Å². The Morgan fingerprint density at radius 1 is 1.20 bits per heavy atom. The van der Waals surface area contributed by atoms with Gasteiger partial charge in [-0.05, 0) is 43.2 Å². The summed E-state index contributed by atoms with van der Waals surface area (Å²) in [5.41, 5.74) is 1.94. The number of benzene rings is 2. The maximum absolute atomic E-state index is 12.5. The second-order valence-corrected chi connectivity index (χ2v) is 6.18. The van der Waals surface area contributed by atoms with Crippen LogP contribution < -0.4 is 15.6 Å². The monoisotopic (exact) mass is 337 g/mol. The first-order valence-electron chi connectivity index (χ1n) is 8.48. The van der Waals surface area contributed by atoms with Gasteiger partial charge in [0.25, 0.3) is 5.56 Å². The first kappa shape index (κ1) is 17.2. The van der Waals surface area contributed by atoms with Crippen LogP contribution in [0.25, 0.3) is 10.9 Å². The van der Waals surface area contributed by atoms with E-state index < -0.39 is 0 Å². The first-order chi connectivity index (χ1) is 12.2. The second kappa shape index (κ2) is 7.94. The molecule has 1 unspecified atom stereocenters. The van der Waals surface area contributed by atoms with E-state index in [4.69, 9.17) is 4.74 Å². The third kappa shape index (κ3) is 4.25. The van der Waals surface area contributed by atoms with Gasteiger partial charge in [0, 0.05) is 19.1 Å². The number of methoxy groups -OCH3 is 1. The fraction of sp³-hybridized carbons (Fsp3) is 0.300. The normalized spacial score (nSPS) is 12.2. The van der Waals surface area contributed by atoms with Crippen molar-refractivity contribution in [1.82, 2.24) is 14.9 Å². The van der Waals surface area contributed by atoms with E-state index in [1.165, 1.54) is 5.56 Å². The molecule has 0 saturated carbocycles. The number of aryl methyl sites for hydroxylation is 1. The number of nitrogens with zero attached hydrogens (tertiary/aromatic N) is 2. The van der Waals surface area contributed by atoms with Crippen LogP contribution in [0.2, 0.25) is 0 Å². The summed E-state index contributed by atoms with van der Waals surface area (Å²) in [5, 5.41) is 4.15. The van der Waals surface area contributed by atoms with Crippen LogP contribution in [0.1, 0.15) is 18.9 Å². The number of hydrogen-bond donors (Lipinski definition) is 1. The molecule has 0 spiro atoms. The molecule has 5 nitrogen and oxygen atoms in total. The highest BCUT2D eigenvalue weighted by molar-refractivity contribution is 5.76. The van der Waals surface area contributed by atoms with E-state index in [0.717, 1.165) is 24.2 Å². The molecule has 1 atom stereocenters. The molecule has 0 aliphatic carbocycles. The molecule has 3 aromatic rings. The largest absolute Gasteiger partial charge is 0.497 e. The second-order valence-electron chi connectivity index (χ2n) is 6.18. The smallest absolute Gasteiger partial charge is 0.261 e. The molecular weight excluding hydrogens is 314 g/mol. The zero-order valence-electron chi connectivity index (χ0n) is 14.6. The molecule has 130 valence electrons. The summed E-state index contributed by atoms with van der Waals surface area (Å²) in [7, 11) is 1.67. The minimum atomic E-state index is 0.0191. The van der Waals surface area contributed by atoms with Gasteiger partial charge in [0.2, 0.25) is 0 Å². The van der Waals surface area contributed by atoms with Crippen molar-refractivity contribution >= 4 is 10.9 Å². The van der Waals surface area contributed by atoms with Crippen molar-refractivity contribution in [1.29, 1.82) is 0 Å². The molecule has 0 fully saturated rings. The van der Waals surface area contributed by atoms with E-state index in [0.29, 0.717) is 11.9 Å². The highest BCUT2D eigenvalue weighted by Crippen LogP contribution is 2.12. The number of hydrogen-bond acceptors (Lipinski definition) is 4. The quantitative estimate of drug-likeness (QED) is 0.720. The molecule has 0 aliphatic heterocycles.